The van der Waals surface area contributed by atoms with Gasteiger partial charge in [0.1, 0.15) is 0 Å². The molecule has 2 heteroatoms. The number of hydrogen-bond donors (Lipinski definition) is 1. The van der Waals surface area contributed by atoms with Crippen LogP contribution in [0.25, 0.3) is 0 Å². The molecule has 1 saturated heterocycles. The Labute approximate surface area is 61.3 Å². The minimum atomic E-state index is 0.193. The Bertz CT molecular complexity index is 142. The van der Waals surface area contributed by atoms with Crippen LogP contribution in [0.2, 0.25) is 0 Å². The van der Waals surface area contributed by atoms with Gasteiger partial charge in [0.05, 0.1) is 0 Å². The third kappa shape index (κ3) is 1.87. The van der Waals surface area contributed by atoms with Crippen molar-refractivity contribution in [1.82, 2.24) is 5.32 Å². The lowest BCUT2D eigenvalue weighted by molar-refractivity contribution is -0.123. The van der Waals surface area contributed by atoms with Gasteiger partial charge in [-0.25, -0.2) is 0 Å². The summed E-state index contributed by atoms with van der Waals surface area (Å²) in [6, 6.07) is 0. The summed E-state index contributed by atoms with van der Waals surface area (Å²) in [7, 11) is 0. The van der Waals surface area contributed by atoms with Gasteiger partial charge in [-0.15, -0.1) is 6.58 Å². The molecule has 1 rings (SSSR count). The minimum absolute atomic E-state index is 0.193. The monoisotopic (exact) mass is 139 g/mol. The fourth-order valence-corrected chi connectivity index (χ4v) is 1.29. The van der Waals surface area contributed by atoms with E-state index in [4.69, 9.17) is 0 Å². The smallest absolute Gasteiger partial charge is 0.220 e. The molecule has 0 bridgehead atoms. The topological polar surface area (TPSA) is 29.1 Å². The van der Waals surface area contributed by atoms with Gasteiger partial charge in [-0.1, -0.05) is 6.08 Å². The van der Waals surface area contributed by atoms with Crippen LogP contribution in [0.15, 0.2) is 12.7 Å². The average molecular weight is 139 g/mol. The predicted octanol–water partition coefficient (Wildman–Crippen LogP) is 1.09. The Kier molecular flexibility index (Phi) is 2.49. The van der Waals surface area contributed by atoms with Gasteiger partial charge in [0.2, 0.25) is 5.91 Å². The van der Waals surface area contributed by atoms with E-state index in [9.17, 15) is 4.79 Å². The maximum atomic E-state index is 10.8. The van der Waals surface area contributed by atoms with Crippen LogP contribution >= 0.6 is 0 Å². The molecule has 10 heavy (non-hydrogen) atoms. The summed E-state index contributed by atoms with van der Waals surface area (Å²) in [6.07, 6.45) is 4.67. The Morgan fingerprint density at radius 1 is 1.80 bits per heavy atom. The molecule has 56 valence electrons. The summed E-state index contributed by atoms with van der Waals surface area (Å²) < 4.78 is 0. The summed E-state index contributed by atoms with van der Waals surface area (Å²) >= 11 is 0. The molecule has 1 unspecified atom stereocenters. The Balaban J connectivity index is 2.31. The van der Waals surface area contributed by atoms with Crippen LogP contribution in [-0.2, 0) is 4.79 Å². The quantitative estimate of drug-likeness (QED) is 0.570. The first kappa shape index (κ1) is 7.32. The maximum absolute atomic E-state index is 10.8. The van der Waals surface area contributed by atoms with Crippen molar-refractivity contribution >= 4 is 5.91 Å². The van der Waals surface area contributed by atoms with E-state index in [2.05, 4.69) is 11.9 Å². The van der Waals surface area contributed by atoms with Crippen LogP contribution in [0.1, 0.15) is 19.3 Å². The van der Waals surface area contributed by atoms with E-state index in [0.29, 0.717) is 12.3 Å². The van der Waals surface area contributed by atoms with Crippen LogP contribution in [-0.4, -0.2) is 12.5 Å². The second kappa shape index (κ2) is 3.40. The molecule has 0 aliphatic carbocycles. The van der Waals surface area contributed by atoms with Gasteiger partial charge in [-0.05, 0) is 18.8 Å². The fourth-order valence-electron chi connectivity index (χ4n) is 1.29. The molecule has 0 aromatic carbocycles. The normalized spacial score (nSPS) is 25.6. The molecule has 1 aliphatic rings. The highest BCUT2D eigenvalue weighted by Gasteiger charge is 2.16. The van der Waals surface area contributed by atoms with Crippen molar-refractivity contribution in [3.63, 3.8) is 0 Å². The molecule has 0 aromatic heterocycles. The molecule has 0 aromatic rings. The highest BCUT2D eigenvalue weighted by Crippen LogP contribution is 2.16. The highest BCUT2D eigenvalue weighted by molar-refractivity contribution is 5.76. The van der Waals surface area contributed by atoms with E-state index in [0.717, 1.165) is 19.4 Å². The Morgan fingerprint density at radius 2 is 2.60 bits per heavy atom. The lowest BCUT2D eigenvalue weighted by Gasteiger charge is -2.20. The molecule has 1 aliphatic heterocycles. The first-order chi connectivity index (χ1) is 4.83. The van der Waals surface area contributed by atoms with Gasteiger partial charge in [0.25, 0.3) is 0 Å². The van der Waals surface area contributed by atoms with Crippen LogP contribution in [0.5, 0.6) is 0 Å². The van der Waals surface area contributed by atoms with Gasteiger partial charge >= 0.3 is 0 Å². The van der Waals surface area contributed by atoms with Crippen molar-refractivity contribution in [3.8, 4) is 0 Å². The molecule has 1 heterocycles. The molecule has 1 atom stereocenters. The molecule has 2 nitrogen and oxygen atoms in total. The highest BCUT2D eigenvalue weighted by atomic mass is 16.1. The van der Waals surface area contributed by atoms with Gasteiger partial charge < -0.3 is 5.32 Å². The number of allylic oxidation sites excluding steroid dienone is 1. The number of piperidine rings is 1. The number of amides is 1. The summed E-state index contributed by atoms with van der Waals surface area (Å²) in [4.78, 5) is 10.8. The predicted molar refractivity (Wildman–Crippen MR) is 40.5 cm³/mol. The van der Waals surface area contributed by atoms with Gasteiger partial charge in [-0.2, -0.15) is 0 Å². The van der Waals surface area contributed by atoms with Gasteiger partial charge in [-0.3, -0.25) is 4.79 Å². The van der Waals surface area contributed by atoms with Crippen LogP contribution in [0.4, 0.5) is 0 Å². The Hall–Kier alpha value is -0.790. The zero-order chi connectivity index (χ0) is 7.40. The summed E-state index contributed by atoms with van der Waals surface area (Å²) in [5, 5.41) is 2.80. The zero-order valence-corrected chi connectivity index (χ0v) is 6.10. The lowest BCUT2D eigenvalue weighted by atomic mass is 9.94. The standard InChI is InChI=1S/C8H13NO/c1-2-3-7-4-5-9-8(10)6-7/h2,7H,1,3-6H2,(H,9,10). The van der Waals surface area contributed by atoms with Gasteiger partial charge in [0.15, 0.2) is 0 Å². The Morgan fingerprint density at radius 3 is 3.20 bits per heavy atom. The molecule has 1 N–H and O–H groups in total. The van der Waals surface area contributed by atoms with E-state index in [1.165, 1.54) is 0 Å². The molecular weight excluding hydrogens is 126 g/mol. The first-order valence-electron chi connectivity index (χ1n) is 3.70. The molecule has 0 spiro atoms. The molecule has 1 fully saturated rings. The largest absolute Gasteiger partial charge is 0.356 e. The van der Waals surface area contributed by atoms with Crippen molar-refractivity contribution in [2.24, 2.45) is 5.92 Å². The first-order valence-corrected chi connectivity index (χ1v) is 3.70. The van der Waals surface area contributed by atoms with Crippen LogP contribution in [0.3, 0.4) is 0 Å². The SMILES string of the molecule is C=CCC1CCNC(=O)C1. The molecule has 1 amide bonds. The van der Waals surface area contributed by atoms with E-state index in [1.54, 1.807) is 0 Å². The lowest BCUT2D eigenvalue weighted by Crippen LogP contribution is -2.33. The molecule has 0 radical (unpaired) electrons. The van der Waals surface area contributed by atoms with E-state index >= 15 is 0 Å². The summed E-state index contributed by atoms with van der Waals surface area (Å²) in [5.74, 6) is 0.740. The number of carbonyl (C=O) groups is 1. The van der Waals surface area contributed by atoms with Crippen molar-refractivity contribution in [1.29, 1.82) is 0 Å². The summed E-state index contributed by atoms with van der Waals surface area (Å²) in [5.41, 5.74) is 0. The third-order valence-corrected chi connectivity index (χ3v) is 1.85. The van der Waals surface area contributed by atoms with Crippen LogP contribution in [0, 0.1) is 5.92 Å². The third-order valence-electron chi connectivity index (χ3n) is 1.85. The van der Waals surface area contributed by atoms with Crippen molar-refractivity contribution in [2.45, 2.75) is 19.3 Å². The number of rotatable bonds is 2. The second-order valence-electron chi connectivity index (χ2n) is 2.73. The van der Waals surface area contributed by atoms with Crippen molar-refractivity contribution in [3.05, 3.63) is 12.7 Å². The number of hydrogen-bond acceptors (Lipinski definition) is 1. The number of carbonyl (C=O) groups excluding carboxylic acids is 1. The van der Waals surface area contributed by atoms with E-state index in [1.807, 2.05) is 6.08 Å². The van der Waals surface area contributed by atoms with Crippen molar-refractivity contribution in [2.75, 3.05) is 6.54 Å². The average Bonchev–Trinajstić information content (AvgIpc) is 1.88. The van der Waals surface area contributed by atoms with E-state index in [-0.39, 0.29) is 5.91 Å². The number of nitrogens with one attached hydrogen (secondary N) is 1. The second-order valence-corrected chi connectivity index (χ2v) is 2.73. The zero-order valence-electron chi connectivity index (χ0n) is 6.10. The maximum Gasteiger partial charge on any atom is 0.220 e. The van der Waals surface area contributed by atoms with E-state index < -0.39 is 0 Å². The fraction of sp³-hybridized carbons (Fsp3) is 0.625. The summed E-state index contributed by atoms with van der Waals surface area (Å²) in [6.45, 7) is 4.49. The van der Waals surface area contributed by atoms with Gasteiger partial charge in [0, 0.05) is 13.0 Å². The molecule has 0 saturated carbocycles. The van der Waals surface area contributed by atoms with Crippen LogP contribution < -0.4 is 5.32 Å². The molecular formula is C8H13NO. The minimum Gasteiger partial charge on any atom is -0.356 e. The van der Waals surface area contributed by atoms with Crippen molar-refractivity contribution < 1.29 is 4.79 Å².